The van der Waals surface area contributed by atoms with Crippen LogP contribution in [0.1, 0.15) is 41.5 Å². The van der Waals surface area contributed by atoms with Crippen LogP contribution in [0.15, 0.2) is 0 Å². The van der Waals surface area contributed by atoms with Gasteiger partial charge in [-0.15, -0.1) is 0 Å². The Labute approximate surface area is 101 Å². The molecule has 0 aliphatic heterocycles. The first-order valence-corrected chi connectivity index (χ1v) is 6.15. The molecule has 0 aromatic heterocycles. The van der Waals surface area contributed by atoms with Gasteiger partial charge in [-0.25, -0.2) is 4.79 Å². The van der Waals surface area contributed by atoms with Gasteiger partial charge in [-0.05, 0) is 34.6 Å². The molecule has 94 valence electrons. The van der Waals surface area contributed by atoms with Gasteiger partial charge in [0.15, 0.2) is 5.12 Å². The van der Waals surface area contributed by atoms with E-state index in [2.05, 4.69) is 5.32 Å². The van der Waals surface area contributed by atoms with Crippen LogP contribution >= 0.6 is 11.8 Å². The summed E-state index contributed by atoms with van der Waals surface area (Å²) in [5, 5.41) is 2.77. The summed E-state index contributed by atoms with van der Waals surface area (Å²) in [6.45, 7) is 10.6. The van der Waals surface area contributed by atoms with Gasteiger partial charge in [-0.2, -0.15) is 0 Å². The Hall–Kier alpha value is -0.710. The molecule has 1 amide bonds. The van der Waals surface area contributed by atoms with Crippen LogP contribution in [-0.4, -0.2) is 28.1 Å². The van der Waals surface area contributed by atoms with Crippen LogP contribution in [0.3, 0.4) is 0 Å². The number of rotatable bonds is 3. The Morgan fingerprint density at radius 3 is 2.06 bits per heavy atom. The maximum absolute atomic E-state index is 11.5. The maximum Gasteiger partial charge on any atom is 0.408 e. The summed E-state index contributed by atoms with van der Waals surface area (Å²) in [4.78, 5) is 22.3. The van der Waals surface area contributed by atoms with E-state index in [0.29, 0.717) is 5.75 Å². The van der Waals surface area contributed by atoms with Crippen LogP contribution in [0.2, 0.25) is 0 Å². The Bertz CT molecular complexity index is 269. The summed E-state index contributed by atoms with van der Waals surface area (Å²) < 4.78 is 5.14. The van der Waals surface area contributed by atoms with Crippen molar-refractivity contribution in [2.24, 2.45) is 0 Å². The Kier molecular flexibility index (Phi) is 5.32. The van der Waals surface area contributed by atoms with Crippen LogP contribution in [-0.2, 0) is 9.53 Å². The zero-order valence-electron chi connectivity index (χ0n) is 10.8. The third-order valence-electron chi connectivity index (χ3n) is 1.48. The molecule has 0 aromatic rings. The first-order valence-electron chi connectivity index (χ1n) is 5.16. The van der Waals surface area contributed by atoms with E-state index in [1.165, 1.54) is 18.7 Å². The van der Waals surface area contributed by atoms with E-state index in [1.807, 2.05) is 34.6 Å². The molecule has 0 spiro atoms. The predicted octanol–water partition coefficient (Wildman–Crippen LogP) is 2.57. The highest BCUT2D eigenvalue weighted by molar-refractivity contribution is 8.13. The van der Waals surface area contributed by atoms with Crippen molar-refractivity contribution in [3.05, 3.63) is 0 Å². The summed E-state index contributed by atoms with van der Waals surface area (Å²) in [6.07, 6.45) is -0.457. The zero-order valence-corrected chi connectivity index (χ0v) is 11.7. The lowest BCUT2D eigenvalue weighted by Crippen LogP contribution is -2.47. The number of thioether (sulfide) groups is 1. The molecule has 0 rings (SSSR count). The van der Waals surface area contributed by atoms with Gasteiger partial charge in [0, 0.05) is 18.2 Å². The van der Waals surface area contributed by atoms with Crippen LogP contribution < -0.4 is 5.32 Å². The number of carbonyl (C=O) groups is 2. The predicted molar refractivity (Wildman–Crippen MR) is 66.6 cm³/mol. The molecule has 0 fully saturated rings. The molecule has 16 heavy (non-hydrogen) atoms. The topological polar surface area (TPSA) is 55.4 Å². The molecule has 0 aliphatic carbocycles. The van der Waals surface area contributed by atoms with Gasteiger partial charge in [0.2, 0.25) is 0 Å². The first-order chi connectivity index (χ1) is 7.02. The lowest BCUT2D eigenvalue weighted by atomic mass is 10.1. The molecular formula is C11H21NO3S. The SMILES string of the molecule is CC(=O)SCC(C)(C)NC(=O)OC(C)(C)C. The number of alkyl carbamates (subject to hydrolysis) is 1. The normalized spacial score (nSPS) is 12.1. The monoisotopic (exact) mass is 247 g/mol. The quantitative estimate of drug-likeness (QED) is 0.832. The van der Waals surface area contributed by atoms with E-state index in [9.17, 15) is 9.59 Å². The molecule has 4 nitrogen and oxygen atoms in total. The summed E-state index contributed by atoms with van der Waals surface area (Å²) in [5.74, 6) is 0.529. The third kappa shape index (κ3) is 8.59. The fraction of sp³-hybridized carbons (Fsp3) is 0.818. The highest BCUT2D eigenvalue weighted by atomic mass is 32.2. The molecule has 0 unspecified atom stereocenters. The third-order valence-corrected chi connectivity index (χ3v) is 2.75. The molecule has 0 atom stereocenters. The van der Waals surface area contributed by atoms with E-state index in [-0.39, 0.29) is 5.12 Å². The first kappa shape index (κ1) is 15.3. The number of nitrogens with one attached hydrogen (secondary N) is 1. The van der Waals surface area contributed by atoms with E-state index < -0.39 is 17.2 Å². The van der Waals surface area contributed by atoms with Crippen molar-refractivity contribution in [2.45, 2.75) is 52.7 Å². The number of carbonyl (C=O) groups excluding carboxylic acids is 2. The Morgan fingerprint density at radius 2 is 1.69 bits per heavy atom. The van der Waals surface area contributed by atoms with E-state index in [0.717, 1.165) is 0 Å². The van der Waals surface area contributed by atoms with Gasteiger partial charge < -0.3 is 10.1 Å². The van der Waals surface area contributed by atoms with Crippen molar-refractivity contribution >= 4 is 23.0 Å². The van der Waals surface area contributed by atoms with Crippen molar-refractivity contribution in [3.63, 3.8) is 0 Å². The van der Waals surface area contributed by atoms with E-state index in [1.54, 1.807) is 0 Å². The highest BCUT2D eigenvalue weighted by Gasteiger charge is 2.24. The van der Waals surface area contributed by atoms with Crippen molar-refractivity contribution < 1.29 is 14.3 Å². The van der Waals surface area contributed by atoms with Gasteiger partial charge >= 0.3 is 6.09 Å². The second-order valence-electron chi connectivity index (χ2n) is 5.29. The second-order valence-corrected chi connectivity index (χ2v) is 6.44. The minimum absolute atomic E-state index is 0.0408. The summed E-state index contributed by atoms with van der Waals surface area (Å²) in [5.41, 5.74) is -0.966. The number of hydrogen-bond donors (Lipinski definition) is 1. The largest absolute Gasteiger partial charge is 0.444 e. The lowest BCUT2D eigenvalue weighted by molar-refractivity contribution is -0.109. The standard InChI is InChI=1S/C11H21NO3S/c1-8(13)16-7-11(5,6)12-9(14)15-10(2,3)4/h7H2,1-6H3,(H,12,14). The van der Waals surface area contributed by atoms with Gasteiger partial charge in [0.05, 0.1) is 0 Å². The minimum atomic E-state index is -0.506. The van der Waals surface area contributed by atoms with Crippen molar-refractivity contribution in [3.8, 4) is 0 Å². The van der Waals surface area contributed by atoms with Crippen LogP contribution in [0, 0.1) is 0 Å². The molecule has 0 aromatic carbocycles. The summed E-state index contributed by atoms with van der Waals surface area (Å²) in [7, 11) is 0. The van der Waals surface area contributed by atoms with Crippen LogP contribution in [0.4, 0.5) is 4.79 Å². The fourth-order valence-corrected chi connectivity index (χ4v) is 1.53. The number of hydrogen-bond acceptors (Lipinski definition) is 4. The van der Waals surface area contributed by atoms with Gasteiger partial charge in [-0.3, -0.25) is 4.79 Å². The van der Waals surface area contributed by atoms with Gasteiger partial charge in [-0.1, -0.05) is 11.8 Å². The second kappa shape index (κ2) is 5.57. The molecule has 0 aliphatic rings. The maximum atomic E-state index is 11.5. The van der Waals surface area contributed by atoms with Crippen molar-refractivity contribution in [2.75, 3.05) is 5.75 Å². The molecule has 1 N–H and O–H groups in total. The Balaban J connectivity index is 4.15. The van der Waals surface area contributed by atoms with Crippen LogP contribution in [0.25, 0.3) is 0 Å². The molecule has 0 saturated heterocycles. The van der Waals surface area contributed by atoms with E-state index in [4.69, 9.17) is 4.74 Å². The lowest BCUT2D eigenvalue weighted by Gasteiger charge is -2.28. The average molecular weight is 247 g/mol. The smallest absolute Gasteiger partial charge is 0.408 e. The summed E-state index contributed by atoms with van der Waals surface area (Å²) >= 11 is 1.19. The van der Waals surface area contributed by atoms with Crippen molar-refractivity contribution in [1.82, 2.24) is 5.32 Å². The zero-order chi connectivity index (χ0) is 13.0. The average Bonchev–Trinajstić information content (AvgIpc) is 1.95. The minimum Gasteiger partial charge on any atom is -0.444 e. The molecular weight excluding hydrogens is 226 g/mol. The summed E-state index contributed by atoms with van der Waals surface area (Å²) in [6, 6.07) is 0. The van der Waals surface area contributed by atoms with Gasteiger partial charge in [0.25, 0.3) is 0 Å². The molecule has 0 saturated carbocycles. The van der Waals surface area contributed by atoms with Gasteiger partial charge in [0.1, 0.15) is 5.60 Å². The molecule has 5 heteroatoms. The fourth-order valence-electron chi connectivity index (χ4n) is 0.898. The Morgan fingerprint density at radius 1 is 1.19 bits per heavy atom. The number of ether oxygens (including phenoxy) is 1. The number of amides is 1. The van der Waals surface area contributed by atoms with Crippen molar-refractivity contribution in [1.29, 1.82) is 0 Å². The highest BCUT2D eigenvalue weighted by Crippen LogP contribution is 2.14. The molecule has 0 radical (unpaired) electrons. The van der Waals surface area contributed by atoms with E-state index >= 15 is 0 Å². The van der Waals surface area contributed by atoms with Crippen LogP contribution in [0.5, 0.6) is 0 Å². The molecule has 0 heterocycles. The molecule has 0 bridgehead atoms.